The third-order valence-corrected chi connectivity index (χ3v) is 3.11. The second-order valence-electron chi connectivity index (χ2n) is 4.62. The second-order valence-corrected chi connectivity index (χ2v) is 4.62. The van der Waals surface area contributed by atoms with Crippen LogP contribution in [-0.4, -0.2) is 16.5 Å². The molecule has 100 valence electrons. The Hall–Kier alpha value is -1.74. The van der Waals surface area contributed by atoms with Crippen LogP contribution >= 0.6 is 0 Å². The third kappa shape index (κ3) is 3.61. The van der Waals surface area contributed by atoms with Crippen molar-refractivity contribution in [2.45, 2.75) is 32.7 Å². The molecule has 0 aliphatic rings. The summed E-state index contributed by atoms with van der Waals surface area (Å²) < 4.78 is 0. The fraction of sp³-hybridized carbons (Fsp3) is 0.375. The fourth-order valence-corrected chi connectivity index (χ4v) is 2.27. The van der Waals surface area contributed by atoms with Crippen LogP contribution in [0.15, 0.2) is 42.9 Å². The molecule has 1 heterocycles. The molecule has 1 unspecified atom stereocenters. The average molecular weight is 255 g/mol. The Labute approximate surface area is 115 Å². The van der Waals surface area contributed by atoms with Crippen LogP contribution in [-0.2, 0) is 6.42 Å². The topological polar surface area (TPSA) is 37.8 Å². The molecule has 0 saturated carbocycles. The summed E-state index contributed by atoms with van der Waals surface area (Å²) in [6.07, 6.45) is 7.57. The van der Waals surface area contributed by atoms with Crippen molar-refractivity contribution < 1.29 is 0 Å². The molecule has 2 aromatic rings. The molecule has 0 saturated heterocycles. The first-order valence-corrected chi connectivity index (χ1v) is 6.93. The summed E-state index contributed by atoms with van der Waals surface area (Å²) >= 11 is 0. The van der Waals surface area contributed by atoms with Gasteiger partial charge >= 0.3 is 0 Å². The van der Waals surface area contributed by atoms with Crippen molar-refractivity contribution in [2.75, 3.05) is 6.54 Å². The number of nitrogens with one attached hydrogen (secondary N) is 1. The average Bonchev–Trinajstić information content (AvgIpc) is 2.46. The number of aromatic nitrogens is 2. The number of nitrogens with zero attached hydrogens (tertiary/aromatic N) is 2. The van der Waals surface area contributed by atoms with Crippen LogP contribution in [0.2, 0.25) is 0 Å². The summed E-state index contributed by atoms with van der Waals surface area (Å²) in [6, 6.07) is 8.86. The second kappa shape index (κ2) is 7.00. The Balaban J connectivity index is 2.31. The van der Waals surface area contributed by atoms with E-state index >= 15 is 0 Å². The monoisotopic (exact) mass is 255 g/mol. The van der Waals surface area contributed by atoms with Gasteiger partial charge in [0, 0.05) is 12.4 Å². The molecule has 1 aromatic heterocycles. The minimum atomic E-state index is 0.121. The number of hydrogen-bond donors (Lipinski definition) is 1. The van der Waals surface area contributed by atoms with Gasteiger partial charge in [-0.1, -0.05) is 44.5 Å². The van der Waals surface area contributed by atoms with E-state index < -0.39 is 0 Å². The first-order chi connectivity index (χ1) is 9.35. The van der Waals surface area contributed by atoms with Gasteiger partial charge in [0.25, 0.3) is 0 Å². The first-order valence-electron chi connectivity index (χ1n) is 6.93. The van der Waals surface area contributed by atoms with Gasteiger partial charge in [-0.3, -0.25) is 9.97 Å². The normalized spacial score (nSPS) is 12.3. The minimum Gasteiger partial charge on any atom is -0.305 e. The van der Waals surface area contributed by atoms with E-state index in [1.54, 1.807) is 12.4 Å². The predicted octanol–water partition coefficient (Wildman–Crippen LogP) is 3.13. The van der Waals surface area contributed by atoms with E-state index in [2.05, 4.69) is 53.4 Å². The predicted molar refractivity (Wildman–Crippen MR) is 78.0 cm³/mol. The van der Waals surface area contributed by atoms with E-state index in [4.69, 9.17) is 0 Å². The summed E-state index contributed by atoms with van der Waals surface area (Å²) in [6.45, 7) is 5.22. The zero-order valence-electron chi connectivity index (χ0n) is 11.6. The first kappa shape index (κ1) is 13.7. The summed E-state index contributed by atoms with van der Waals surface area (Å²) in [7, 11) is 0. The van der Waals surface area contributed by atoms with Gasteiger partial charge in [-0.2, -0.15) is 0 Å². The van der Waals surface area contributed by atoms with Crippen LogP contribution < -0.4 is 5.32 Å². The molecule has 0 fully saturated rings. The van der Waals surface area contributed by atoms with Crippen molar-refractivity contribution in [3.63, 3.8) is 0 Å². The Morgan fingerprint density at radius 1 is 1.21 bits per heavy atom. The molecular weight excluding hydrogens is 234 g/mol. The molecule has 0 spiro atoms. The molecule has 3 heteroatoms. The number of hydrogen-bond acceptors (Lipinski definition) is 3. The summed E-state index contributed by atoms with van der Waals surface area (Å²) in [5, 5.41) is 3.48. The lowest BCUT2D eigenvalue weighted by Crippen LogP contribution is -2.23. The van der Waals surface area contributed by atoms with Gasteiger partial charge in [0.05, 0.1) is 17.9 Å². The standard InChI is InChI=1S/C16H21N3/c1-3-6-13-7-5-8-14(11-13)16(18-4-2)15-12-17-9-10-19-15/h5,7-12,16,18H,3-4,6H2,1-2H3. The van der Waals surface area contributed by atoms with E-state index in [1.807, 2.05) is 6.20 Å². The van der Waals surface area contributed by atoms with Crippen molar-refractivity contribution in [2.24, 2.45) is 0 Å². The van der Waals surface area contributed by atoms with Crippen molar-refractivity contribution in [3.8, 4) is 0 Å². The minimum absolute atomic E-state index is 0.121. The van der Waals surface area contributed by atoms with Gasteiger partial charge in [0.1, 0.15) is 0 Å². The van der Waals surface area contributed by atoms with Crippen molar-refractivity contribution in [1.29, 1.82) is 0 Å². The third-order valence-electron chi connectivity index (χ3n) is 3.11. The van der Waals surface area contributed by atoms with Gasteiger partial charge in [-0.15, -0.1) is 0 Å². The number of aryl methyl sites for hydroxylation is 1. The number of rotatable bonds is 6. The maximum atomic E-state index is 4.42. The maximum absolute atomic E-state index is 4.42. The Bertz CT molecular complexity index is 496. The SMILES string of the molecule is CCCc1cccc(C(NCC)c2cnccn2)c1. The lowest BCUT2D eigenvalue weighted by Gasteiger charge is -2.18. The lowest BCUT2D eigenvalue weighted by atomic mass is 9.99. The Morgan fingerprint density at radius 3 is 2.79 bits per heavy atom. The molecule has 19 heavy (non-hydrogen) atoms. The van der Waals surface area contributed by atoms with Gasteiger partial charge in [0.15, 0.2) is 0 Å². The molecule has 0 radical (unpaired) electrons. The molecule has 0 aliphatic heterocycles. The quantitative estimate of drug-likeness (QED) is 0.861. The van der Waals surface area contributed by atoms with Crippen LogP contribution in [0, 0.1) is 0 Å². The van der Waals surface area contributed by atoms with Crippen LogP contribution in [0.1, 0.15) is 43.1 Å². The Kier molecular flexibility index (Phi) is 5.04. The molecule has 2 rings (SSSR count). The summed E-state index contributed by atoms with van der Waals surface area (Å²) in [5.41, 5.74) is 3.61. The molecule has 1 aromatic carbocycles. The molecule has 0 bridgehead atoms. The molecule has 1 N–H and O–H groups in total. The smallest absolute Gasteiger partial charge is 0.0801 e. The molecule has 0 aliphatic carbocycles. The van der Waals surface area contributed by atoms with E-state index in [9.17, 15) is 0 Å². The maximum Gasteiger partial charge on any atom is 0.0801 e. The van der Waals surface area contributed by atoms with Gasteiger partial charge < -0.3 is 5.32 Å². The van der Waals surface area contributed by atoms with Crippen LogP contribution in [0.5, 0.6) is 0 Å². The molecular formula is C16H21N3. The van der Waals surface area contributed by atoms with E-state index in [0.29, 0.717) is 0 Å². The highest BCUT2D eigenvalue weighted by Gasteiger charge is 2.14. The number of benzene rings is 1. The molecule has 1 atom stereocenters. The highest BCUT2D eigenvalue weighted by molar-refractivity contribution is 5.31. The van der Waals surface area contributed by atoms with Crippen molar-refractivity contribution >= 4 is 0 Å². The highest BCUT2D eigenvalue weighted by atomic mass is 14.9. The van der Waals surface area contributed by atoms with Crippen molar-refractivity contribution in [1.82, 2.24) is 15.3 Å². The Morgan fingerprint density at radius 2 is 2.11 bits per heavy atom. The summed E-state index contributed by atoms with van der Waals surface area (Å²) in [4.78, 5) is 8.59. The molecule has 0 amide bonds. The van der Waals surface area contributed by atoms with E-state index in [1.165, 1.54) is 17.5 Å². The van der Waals surface area contributed by atoms with Crippen LogP contribution in [0.3, 0.4) is 0 Å². The van der Waals surface area contributed by atoms with E-state index in [0.717, 1.165) is 18.7 Å². The summed E-state index contributed by atoms with van der Waals surface area (Å²) in [5.74, 6) is 0. The molecule has 3 nitrogen and oxygen atoms in total. The fourth-order valence-electron chi connectivity index (χ4n) is 2.27. The van der Waals surface area contributed by atoms with Crippen LogP contribution in [0.4, 0.5) is 0 Å². The van der Waals surface area contributed by atoms with Crippen molar-refractivity contribution in [3.05, 3.63) is 59.7 Å². The van der Waals surface area contributed by atoms with Gasteiger partial charge in [-0.25, -0.2) is 0 Å². The largest absolute Gasteiger partial charge is 0.305 e. The van der Waals surface area contributed by atoms with E-state index in [-0.39, 0.29) is 6.04 Å². The van der Waals surface area contributed by atoms with Gasteiger partial charge in [0.2, 0.25) is 0 Å². The van der Waals surface area contributed by atoms with Crippen LogP contribution in [0.25, 0.3) is 0 Å². The zero-order valence-corrected chi connectivity index (χ0v) is 11.6. The zero-order chi connectivity index (χ0) is 13.5. The highest BCUT2D eigenvalue weighted by Crippen LogP contribution is 2.21. The van der Waals surface area contributed by atoms with Gasteiger partial charge in [-0.05, 0) is 24.1 Å². The lowest BCUT2D eigenvalue weighted by molar-refractivity contribution is 0.612.